The smallest absolute Gasteiger partial charge is 0.253 e. The third-order valence-corrected chi connectivity index (χ3v) is 4.23. The molecule has 0 fully saturated rings. The van der Waals surface area contributed by atoms with Crippen LogP contribution in [0.3, 0.4) is 0 Å². The summed E-state index contributed by atoms with van der Waals surface area (Å²) in [7, 11) is 0. The van der Waals surface area contributed by atoms with Gasteiger partial charge in [0.25, 0.3) is 5.91 Å². The predicted molar refractivity (Wildman–Crippen MR) is 94.5 cm³/mol. The summed E-state index contributed by atoms with van der Waals surface area (Å²) in [5.74, 6) is -0.575. The van der Waals surface area contributed by atoms with Crippen LogP contribution in [0.25, 0.3) is 10.9 Å². The minimum atomic E-state index is -0.360. The number of nitrogens with zero attached hydrogens (tertiary/aromatic N) is 2. The molecule has 0 aliphatic carbocycles. The zero-order chi connectivity index (χ0) is 16.1. The van der Waals surface area contributed by atoms with E-state index in [-0.39, 0.29) is 11.7 Å². The average Bonchev–Trinajstić information content (AvgIpc) is 2.51. The van der Waals surface area contributed by atoms with Gasteiger partial charge in [0.15, 0.2) is 0 Å². The van der Waals surface area contributed by atoms with Crippen molar-refractivity contribution in [3.8, 4) is 0 Å². The lowest BCUT2D eigenvalue weighted by Gasteiger charge is -2.18. The van der Waals surface area contributed by atoms with Crippen molar-refractivity contribution in [3.63, 3.8) is 0 Å². The normalized spacial score (nSPS) is 11.1. The number of amides is 1. The number of fused-ring (bicyclic) bond motifs is 1. The lowest BCUT2D eigenvalue weighted by Crippen LogP contribution is -2.34. The van der Waals surface area contributed by atoms with Crippen LogP contribution in [0.1, 0.15) is 24.2 Å². The Morgan fingerprint density at radius 1 is 1.36 bits per heavy atom. The summed E-state index contributed by atoms with van der Waals surface area (Å²) in [6, 6.07) is 4.74. The topological polar surface area (TPSA) is 45.2 Å². The maximum Gasteiger partial charge on any atom is 0.253 e. The van der Waals surface area contributed by atoms with Gasteiger partial charge in [-0.05, 0) is 53.9 Å². The molecule has 6 heteroatoms. The van der Waals surface area contributed by atoms with E-state index in [0.717, 1.165) is 23.2 Å². The maximum atomic E-state index is 13.9. The van der Waals surface area contributed by atoms with Crippen LogP contribution < -0.4 is 5.32 Å². The van der Waals surface area contributed by atoms with E-state index in [2.05, 4.69) is 51.6 Å². The Morgan fingerprint density at radius 3 is 2.77 bits per heavy atom. The lowest BCUT2D eigenvalue weighted by atomic mass is 10.1. The van der Waals surface area contributed by atoms with Crippen molar-refractivity contribution in [1.29, 1.82) is 0 Å². The number of carbonyl (C=O) groups excluding carboxylic acids is 1. The summed E-state index contributed by atoms with van der Waals surface area (Å²) < 4.78 is 14.7. The van der Waals surface area contributed by atoms with Gasteiger partial charge in [0, 0.05) is 28.2 Å². The van der Waals surface area contributed by atoms with E-state index in [1.165, 1.54) is 12.3 Å². The molecule has 0 radical (unpaired) electrons. The Morgan fingerprint density at radius 2 is 2.09 bits per heavy atom. The van der Waals surface area contributed by atoms with Crippen LogP contribution in [0.5, 0.6) is 0 Å². The highest BCUT2D eigenvalue weighted by Crippen LogP contribution is 2.22. The molecule has 0 unspecified atom stereocenters. The number of hydrogen-bond acceptors (Lipinski definition) is 3. The first kappa shape index (κ1) is 17.1. The molecule has 1 N–H and O–H groups in total. The van der Waals surface area contributed by atoms with E-state index in [9.17, 15) is 9.18 Å². The maximum absolute atomic E-state index is 13.9. The molecular formula is C16H19FIN3O. The number of likely N-dealkylation sites (N-methyl/N-ethyl adjacent to an activating group) is 1. The zero-order valence-corrected chi connectivity index (χ0v) is 14.9. The molecule has 2 aromatic rings. The van der Waals surface area contributed by atoms with Crippen LogP contribution in [-0.4, -0.2) is 42.0 Å². The molecule has 0 saturated heterocycles. The number of aromatic nitrogens is 1. The molecule has 1 amide bonds. The molecule has 0 bridgehead atoms. The van der Waals surface area contributed by atoms with Gasteiger partial charge in [0.2, 0.25) is 0 Å². The summed E-state index contributed by atoms with van der Waals surface area (Å²) in [4.78, 5) is 18.8. The number of carbonyl (C=O) groups is 1. The van der Waals surface area contributed by atoms with Gasteiger partial charge in [-0.25, -0.2) is 4.39 Å². The highest BCUT2D eigenvalue weighted by atomic mass is 127. The standard InChI is InChI=1S/C16H19FIN3O/c1-3-21(4-2)8-7-20-16(22)13-10-11(18)9-12-14(17)5-6-19-15(12)13/h5-6,9-10H,3-4,7-8H2,1-2H3,(H,20,22). The van der Waals surface area contributed by atoms with Crippen LogP contribution in [-0.2, 0) is 0 Å². The zero-order valence-electron chi connectivity index (χ0n) is 12.7. The molecule has 0 aliphatic heterocycles. The third-order valence-electron chi connectivity index (χ3n) is 3.61. The van der Waals surface area contributed by atoms with Crippen molar-refractivity contribution in [1.82, 2.24) is 15.2 Å². The quantitative estimate of drug-likeness (QED) is 0.738. The van der Waals surface area contributed by atoms with E-state index in [1.807, 2.05) is 0 Å². The van der Waals surface area contributed by atoms with Gasteiger partial charge in [-0.3, -0.25) is 9.78 Å². The Labute approximate surface area is 143 Å². The van der Waals surface area contributed by atoms with E-state index in [1.54, 1.807) is 12.1 Å². The molecule has 1 aromatic carbocycles. The Bertz CT molecular complexity index is 674. The monoisotopic (exact) mass is 415 g/mol. The number of hydrogen-bond donors (Lipinski definition) is 1. The molecule has 0 atom stereocenters. The van der Waals surface area contributed by atoms with Crippen molar-refractivity contribution in [2.24, 2.45) is 0 Å². The van der Waals surface area contributed by atoms with Crippen molar-refractivity contribution in [3.05, 3.63) is 39.3 Å². The average molecular weight is 415 g/mol. The molecule has 22 heavy (non-hydrogen) atoms. The first-order valence-corrected chi connectivity index (χ1v) is 8.39. The second-order valence-electron chi connectivity index (χ2n) is 4.93. The van der Waals surface area contributed by atoms with Crippen molar-refractivity contribution >= 4 is 39.4 Å². The van der Waals surface area contributed by atoms with Gasteiger partial charge in [0.1, 0.15) is 5.82 Å². The summed E-state index contributed by atoms with van der Waals surface area (Å²) in [6.45, 7) is 7.43. The predicted octanol–water partition coefficient (Wildman–Crippen LogP) is 3.05. The Balaban J connectivity index is 2.19. The van der Waals surface area contributed by atoms with E-state index < -0.39 is 0 Å². The fraction of sp³-hybridized carbons (Fsp3) is 0.375. The van der Waals surface area contributed by atoms with Gasteiger partial charge >= 0.3 is 0 Å². The molecule has 4 nitrogen and oxygen atoms in total. The number of rotatable bonds is 6. The molecular weight excluding hydrogens is 396 g/mol. The van der Waals surface area contributed by atoms with Gasteiger partial charge in [-0.15, -0.1) is 0 Å². The van der Waals surface area contributed by atoms with Crippen LogP contribution in [0.15, 0.2) is 24.4 Å². The van der Waals surface area contributed by atoms with Gasteiger partial charge in [-0.1, -0.05) is 13.8 Å². The summed E-state index contributed by atoms with van der Waals surface area (Å²) in [6.07, 6.45) is 1.39. The SMILES string of the molecule is CCN(CC)CCNC(=O)c1cc(I)cc2c(F)ccnc12. The van der Waals surface area contributed by atoms with Crippen LogP contribution >= 0.6 is 22.6 Å². The highest BCUT2D eigenvalue weighted by molar-refractivity contribution is 14.1. The Kier molecular flexibility index (Phi) is 6.07. The van der Waals surface area contributed by atoms with Crippen molar-refractivity contribution < 1.29 is 9.18 Å². The second-order valence-corrected chi connectivity index (χ2v) is 6.17. The fourth-order valence-corrected chi connectivity index (χ4v) is 2.95. The number of halogens is 2. The molecule has 1 aromatic heterocycles. The van der Waals surface area contributed by atoms with Gasteiger partial charge < -0.3 is 10.2 Å². The molecule has 1 heterocycles. The first-order chi connectivity index (χ1) is 10.6. The Hall–Kier alpha value is -1.28. The number of pyridine rings is 1. The molecule has 0 aliphatic rings. The lowest BCUT2D eigenvalue weighted by molar-refractivity contribution is 0.0950. The van der Waals surface area contributed by atoms with E-state index in [4.69, 9.17) is 0 Å². The minimum absolute atomic E-state index is 0.214. The molecule has 118 valence electrons. The second kappa shape index (κ2) is 7.82. The summed E-state index contributed by atoms with van der Waals surface area (Å²) in [5.41, 5.74) is 0.821. The highest BCUT2D eigenvalue weighted by Gasteiger charge is 2.14. The van der Waals surface area contributed by atoms with E-state index in [0.29, 0.717) is 23.0 Å². The van der Waals surface area contributed by atoms with Crippen molar-refractivity contribution in [2.75, 3.05) is 26.2 Å². The molecule has 2 rings (SSSR count). The van der Waals surface area contributed by atoms with Crippen LogP contribution in [0, 0.1) is 9.39 Å². The number of benzene rings is 1. The van der Waals surface area contributed by atoms with E-state index >= 15 is 0 Å². The molecule has 0 saturated carbocycles. The molecule has 0 spiro atoms. The largest absolute Gasteiger partial charge is 0.351 e. The first-order valence-electron chi connectivity index (χ1n) is 7.31. The number of nitrogens with one attached hydrogen (secondary N) is 1. The van der Waals surface area contributed by atoms with Crippen LogP contribution in [0.2, 0.25) is 0 Å². The summed E-state index contributed by atoms with van der Waals surface area (Å²) in [5, 5.41) is 3.27. The third kappa shape index (κ3) is 3.92. The minimum Gasteiger partial charge on any atom is -0.351 e. The van der Waals surface area contributed by atoms with Crippen molar-refractivity contribution in [2.45, 2.75) is 13.8 Å². The van der Waals surface area contributed by atoms with Gasteiger partial charge in [0.05, 0.1) is 11.1 Å². The summed E-state index contributed by atoms with van der Waals surface area (Å²) >= 11 is 2.08. The fourth-order valence-electron chi connectivity index (χ4n) is 2.32. The van der Waals surface area contributed by atoms with Gasteiger partial charge in [-0.2, -0.15) is 0 Å². The van der Waals surface area contributed by atoms with Crippen LogP contribution in [0.4, 0.5) is 4.39 Å².